The van der Waals surface area contributed by atoms with Crippen LogP contribution in [0.15, 0.2) is 29.6 Å². The number of carbonyl (C=O) groups excluding carboxylic acids is 1. The number of benzene rings is 1. The molecule has 1 atom stereocenters. The Morgan fingerprint density at radius 2 is 2.14 bits per heavy atom. The number of hydrogen-bond acceptors (Lipinski definition) is 3. The van der Waals surface area contributed by atoms with Crippen LogP contribution in [0.3, 0.4) is 0 Å². The molecule has 1 amide bonds. The Labute approximate surface area is 127 Å². The highest BCUT2D eigenvalue weighted by molar-refractivity contribution is 7.17. The lowest BCUT2D eigenvalue weighted by molar-refractivity contribution is -0.141. The van der Waals surface area contributed by atoms with Gasteiger partial charge in [-0.3, -0.25) is 9.59 Å². The minimum atomic E-state index is -0.860. The Kier molecular flexibility index (Phi) is 3.68. The molecule has 2 aromatic rings. The normalized spacial score (nSPS) is 15.9. The monoisotopic (exact) mass is 303 g/mol. The van der Waals surface area contributed by atoms with Crippen LogP contribution in [0.4, 0.5) is 0 Å². The fourth-order valence-electron chi connectivity index (χ4n) is 2.42. The quantitative estimate of drug-likeness (QED) is 0.922. The second-order valence-corrected chi connectivity index (χ2v) is 6.55. The summed E-state index contributed by atoms with van der Waals surface area (Å²) in [5.41, 5.74) is 0.644. The number of aliphatic carboxylic acids is 1. The Morgan fingerprint density at radius 3 is 2.81 bits per heavy atom. The summed E-state index contributed by atoms with van der Waals surface area (Å²) in [6.45, 7) is 1.92. The van der Waals surface area contributed by atoms with Gasteiger partial charge >= 0.3 is 5.97 Å². The smallest absolute Gasteiger partial charge is 0.308 e. The molecule has 1 heterocycles. The zero-order chi connectivity index (χ0) is 15.0. The summed E-state index contributed by atoms with van der Waals surface area (Å²) in [6.07, 6.45) is 1.94. The Hall–Kier alpha value is -1.88. The van der Waals surface area contributed by atoms with Crippen molar-refractivity contribution in [2.24, 2.45) is 5.92 Å². The van der Waals surface area contributed by atoms with E-state index in [4.69, 9.17) is 5.11 Å². The van der Waals surface area contributed by atoms with Gasteiger partial charge in [0.1, 0.15) is 0 Å². The highest BCUT2D eigenvalue weighted by Gasteiger charge is 2.34. The zero-order valence-corrected chi connectivity index (χ0v) is 12.6. The van der Waals surface area contributed by atoms with Crippen LogP contribution in [0.1, 0.15) is 30.1 Å². The van der Waals surface area contributed by atoms with Crippen molar-refractivity contribution in [3.63, 3.8) is 0 Å². The number of carboxylic acids is 1. The number of hydrogen-bond donors (Lipinski definition) is 1. The van der Waals surface area contributed by atoms with E-state index in [2.05, 4.69) is 0 Å². The predicted octanol–water partition coefficient (Wildman–Crippen LogP) is 3.23. The Morgan fingerprint density at radius 1 is 1.38 bits per heavy atom. The zero-order valence-electron chi connectivity index (χ0n) is 11.8. The van der Waals surface area contributed by atoms with Crippen molar-refractivity contribution in [3.05, 3.63) is 35.2 Å². The van der Waals surface area contributed by atoms with Crippen molar-refractivity contribution in [2.45, 2.75) is 25.8 Å². The third-order valence-corrected chi connectivity index (χ3v) is 4.74. The van der Waals surface area contributed by atoms with E-state index in [0.29, 0.717) is 5.56 Å². The minimum Gasteiger partial charge on any atom is -0.481 e. The molecule has 0 saturated heterocycles. The first-order valence-electron chi connectivity index (χ1n) is 7.07. The van der Waals surface area contributed by atoms with Crippen LogP contribution in [0.25, 0.3) is 10.1 Å². The van der Waals surface area contributed by atoms with Gasteiger partial charge in [0.25, 0.3) is 5.91 Å². The van der Waals surface area contributed by atoms with Crippen LogP contribution in [0.2, 0.25) is 0 Å². The van der Waals surface area contributed by atoms with Gasteiger partial charge in [-0.15, -0.1) is 11.3 Å². The molecule has 0 aliphatic heterocycles. The lowest BCUT2D eigenvalue weighted by Gasteiger charge is -2.24. The van der Waals surface area contributed by atoms with E-state index in [0.717, 1.165) is 22.9 Å². The van der Waals surface area contributed by atoms with Crippen LogP contribution < -0.4 is 0 Å². The largest absolute Gasteiger partial charge is 0.481 e. The van der Waals surface area contributed by atoms with Crippen molar-refractivity contribution < 1.29 is 14.7 Å². The molecule has 0 radical (unpaired) electrons. The first-order valence-corrected chi connectivity index (χ1v) is 7.95. The Balaban J connectivity index is 1.84. The third kappa shape index (κ3) is 2.93. The molecule has 1 aromatic heterocycles. The number of nitrogens with zero attached hydrogens (tertiary/aromatic N) is 1. The average molecular weight is 303 g/mol. The molecule has 110 valence electrons. The number of thiophene rings is 1. The maximum atomic E-state index is 12.7. The van der Waals surface area contributed by atoms with E-state index in [9.17, 15) is 9.59 Å². The van der Waals surface area contributed by atoms with Crippen LogP contribution in [0.5, 0.6) is 0 Å². The molecule has 0 spiro atoms. The summed E-state index contributed by atoms with van der Waals surface area (Å²) in [5.74, 6) is -1.46. The van der Waals surface area contributed by atoms with E-state index < -0.39 is 11.9 Å². The summed E-state index contributed by atoms with van der Waals surface area (Å²) in [4.78, 5) is 25.5. The Bertz CT molecular complexity index is 690. The SMILES string of the molecule is CC(CN(C(=O)c1ccc2sccc2c1)C1CC1)C(=O)O. The van der Waals surface area contributed by atoms with Gasteiger partial charge in [-0.25, -0.2) is 0 Å². The van der Waals surface area contributed by atoms with Crippen molar-refractivity contribution in [1.82, 2.24) is 4.90 Å². The molecule has 1 aliphatic carbocycles. The van der Waals surface area contributed by atoms with Gasteiger partial charge in [0.15, 0.2) is 0 Å². The molecule has 21 heavy (non-hydrogen) atoms. The number of amides is 1. The van der Waals surface area contributed by atoms with Crippen molar-refractivity contribution >= 4 is 33.3 Å². The number of fused-ring (bicyclic) bond motifs is 1. The molecule has 1 unspecified atom stereocenters. The van der Waals surface area contributed by atoms with E-state index in [1.165, 1.54) is 0 Å². The maximum Gasteiger partial charge on any atom is 0.308 e. The summed E-state index contributed by atoms with van der Waals surface area (Å²) in [7, 11) is 0. The molecule has 1 fully saturated rings. The van der Waals surface area contributed by atoms with Gasteiger partial charge in [0.05, 0.1) is 5.92 Å². The first-order chi connectivity index (χ1) is 10.1. The van der Waals surface area contributed by atoms with Crippen molar-refractivity contribution in [1.29, 1.82) is 0 Å². The minimum absolute atomic E-state index is 0.0568. The lowest BCUT2D eigenvalue weighted by atomic mass is 10.1. The summed E-state index contributed by atoms with van der Waals surface area (Å²) in [5, 5.41) is 12.1. The number of carboxylic acid groups (broad SMARTS) is 1. The van der Waals surface area contributed by atoms with E-state index in [1.807, 2.05) is 29.6 Å². The summed E-state index contributed by atoms with van der Waals surface area (Å²) < 4.78 is 1.16. The van der Waals surface area contributed by atoms with Crippen LogP contribution in [-0.4, -0.2) is 34.5 Å². The number of rotatable bonds is 5. The van der Waals surface area contributed by atoms with Gasteiger partial charge in [-0.2, -0.15) is 0 Å². The standard InChI is InChI=1S/C16H17NO3S/c1-10(16(19)20)9-17(13-3-4-13)15(18)12-2-5-14-11(8-12)6-7-21-14/h2,5-8,10,13H,3-4,9H2,1H3,(H,19,20). The fourth-order valence-corrected chi connectivity index (χ4v) is 3.19. The van der Waals surface area contributed by atoms with Crippen LogP contribution in [-0.2, 0) is 4.79 Å². The van der Waals surface area contributed by atoms with Gasteiger partial charge in [0, 0.05) is 22.8 Å². The van der Waals surface area contributed by atoms with Gasteiger partial charge in [-0.05, 0) is 47.9 Å². The van der Waals surface area contributed by atoms with Gasteiger partial charge in [-0.1, -0.05) is 6.92 Å². The van der Waals surface area contributed by atoms with Crippen LogP contribution in [0, 0.1) is 5.92 Å². The van der Waals surface area contributed by atoms with Gasteiger partial charge < -0.3 is 10.0 Å². The third-order valence-electron chi connectivity index (χ3n) is 3.84. The predicted molar refractivity (Wildman–Crippen MR) is 82.7 cm³/mol. The van der Waals surface area contributed by atoms with Crippen molar-refractivity contribution in [2.75, 3.05) is 6.54 Å². The summed E-state index contributed by atoms with van der Waals surface area (Å²) >= 11 is 1.65. The molecular weight excluding hydrogens is 286 g/mol. The van der Waals surface area contributed by atoms with Crippen LogP contribution >= 0.6 is 11.3 Å². The number of carbonyl (C=O) groups is 2. The highest BCUT2D eigenvalue weighted by Crippen LogP contribution is 2.30. The van der Waals surface area contributed by atoms with E-state index in [1.54, 1.807) is 23.2 Å². The molecule has 1 saturated carbocycles. The molecule has 4 nitrogen and oxygen atoms in total. The average Bonchev–Trinajstić information content (AvgIpc) is 3.20. The van der Waals surface area contributed by atoms with E-state index >= 15 is 0 Å². The fraction of sp³-hybridized carbons (Fsp3) is 0.375. The topological polar surface area (TPSA) is 57.6 Å². The second kappa shape index (κ2) is 5.48. The summed E-state index contributed by atoms with van der Waals surface area (Å²) in [6, 6.07) is 7.89. The van der Waals surface area contributed by atoms with Gasteiger partial charge in [0.2, 0.25) is 0 Å². The molecule has 3 rings (SSSR count). The highest BCUT2D eigenvalue weighted by atomic mass is 32.1. The van der Waals surface area contributed by atoms with Crippen molar-refractivity contribution in [3.8, 4) is 0 Å². The molecule has 0 bridgehead atoms. The maximum absolute atomic E-state index is 12.7. The first kappa shape index (κ1) is 14.1. The second-order valence-electron chi connectivity index (χ2n) is 5.60. The molecule has 1 aliphatic rings. The molecule has 1 aromatic carbocycles. The lowest BCUT2D eigenvalue weighted by Crippen LogP contribution is -2.38. The molecule has 5 heteroatoms. The van der Waals surface area contributed by atoms with E-state index in [-0.39, 0.29) is 18.5 Å². The molecular formula is C16H17NO3S. The molecule has 1 N–H and O–H groups in total.